The van der Waals surface area contributed by atoms with Crippen LogP contribution in [0.1, 0.15) is 77.6 Å². The van der Waals surface area contributed by atoms with Crippen LogP contribution in [0.5, 0.6) is 0 Å². The minimum atomic E-state index is -0.612. The highest BCUT2D eigenvalue weighted by Crippen LogP contribution is 2.36. The first-order chi connectivity index (χ1) is 9.21. The van der Waals surface area contributed by atoms with Gasteiger partial charge in [-0.05, 0) is 19.3 Å². The SMILES string of the molecule is CCCCCCCCCCC1(C(=O)O)CCOCC1. The summed E-state index contributed by atoms with van der Waals surface area (Å²) >= 11 is 0. The van der Waals surface area contributed by atoms with Crippen LogP contribution in [0.15, 0.2) is 0 Å². The summed E-state index contributed by atoms with van der Waals surface area (Å²) < 4.78 is 5.29. The maximum absolute atomic E-state index is 11.5. The van der Waals surface area contributed by atoms with E-state index in [0.717, 1.165) is 12.8 Å². The van der Waals surface area contributed by atoms with Gasteiger partial charge in [-0.15, -0.1) is 0 Å². The molecule has 0 bridgehead atoms. The van der Waals surface area contributed by atoms with E-state index in [2.05, 4.69) is 6.92 Å². The highest BCUT2D eigenvalue weighted by atomic mass is 16.5. The number of carboxylic acids is 1. The van der Waals surface area contributed by atoms with Crippen LogP contribution in [-0.4, -0.2) is 24.3 Å². The lowest BCUT2D eigenvalue weighted by Gasteiger charge is -2.33. The van der Waals surface area contributed by atoms with Crippen LogP contribution in [0.4, 0.5) is 0 Å². The highest BCUT2D eigenvalue weighted by Gasteiger charge is 2.39. The van der Waals surface area contributed by atoms with Crippen molar-refractivity contribution in [1.29, 1.82) is 0 Å². The van der Waals surface area contributed by atoms with Crippen molar-refractivity contribution in [2.45, 2.75) is 77.6 Å². The van der Waals surface area contributed by atoms with Gasteiger partial charge >= 0.3 is 5.97 Å². The molecule has 3 nitrogen and oxygen atoms in total. The molecule has 19 heavy (non-hydrogen) atoms. The second-order valence-corrected chi connectivity index (χ2v) is 5.92. The average Bonchev–Trinajstić information content (AvgIpc) is 2.42. The molecular weight excluding hydrogens is 240 g/mol. The number of carboxylic acid groups (broad SMARTS) is 1. The van der Waals surface area contributed by atoms with E-state index < -0.39 is 11.4 Å². The Balaban J connectivity index is 2.10. The van der Waals surface area contributed by atoms with Crippen molar-refractivity contribution < 1.29 is 14.6 Å². The highest BCUT2D eigenvalue weighted by molar-refractivity contribution is 5.74. The van der Waals surface area contributed by atoms with E-state index in [1.807, 2.05) is 0 Å². The number of ether oxygens (including phenoxy) is 1. The standard InChI is InChI=1S/C16H30O3/c1-2-3-4-5-6-7-8-9-10-16(15(17)18)11-13-19-14-12-16/h2-14H2,1H3,(H,17,18). The third kappa shape index (κ3) is 5.94. The molecule has 1 N–H and O–H groups in total. The molecule has 0 aromatic carbocycles. The van der Waals surface area contributed by atoms with Crippen LogP contribution in [0, 0.1) is 5.41 Å². The zero-order chi connectivity index (χ0) is 14.0. The van der Waals surface area contributed by atoms with Crippen LogP contribution >= 0.6 is 0 Å². The summed E-state index contributed by atoms with van der Waals surface area (Å²) in [5.41, 5.74) is -0.486. The first-order valence-electron chi connectivity index (χ1n) is 8.02. The Bertz CT molecular complexity index is 244. The van der Waals surface area contributed by atoms with Crippen molar-refractivity contribution in [2.24, 2.45) is 5.41 Å². The van der Waals surface area contributed by atoms with Crippen LogP contribution in [0.3, 0.4) is 0 Å². The summed E-state index contributed by atoms with van der Waals surface area (Å²) in [5.74, 6) is -0.612. The Morgan fingerprint density at radius 2 is 1.53 bits per heavy atom. The summed E-state index contributed by atoms with van der Waals surface area (Å²) in [7, 11) is 0. The van der Waals surface area contributed by atoms with Gasteiger partial charge in [-0.2, -0.15) is 0 Å². The maximum Gasteiger partial charge on any atom is 0.309 e. The molecule has 0 spiro atoms. The van der Waals surface area contributed by atoms with Crippen molar-refractivity contribution in [3.63, 3.8) is 0 Å². The Kier molecular flexibility index (Phi) is 8.11. The molecule has 1 rings (SSSR count). The van der Waals surface area contributed by atoms with Crippen molar-refractivity contribution in [3.05, 3.63) is 0 Å². The fourth-order valence-corrected chi connectivity index (χ4v) is 2.93. The summed E-state index contributed by atoms with van der Waals surface area (Å²) in [6.45, 7) is 3.46. The number of rotatable bonds is 10. The Hall–Kier alpha value is -0.570. The molecule has 0 aromatic rings. The quantitative estimate of drug-likeness (QED) is 0.598. The lowest BCUT2D eigenvalue weighted by atomic mass is 9.76. The minimum Gasteiger partial charge on any atom is -0.481 e. The number of aliphatic carboxylic acids is 1. The van der Waals surface area contributed by atoms with Gasteiger partial charge in [0.25, 0.3) is 0 Å². The van der Waals surface area contributed by atoms with Gasteiger partial charge in [-0.1, -0.05) is 58.3 Å². The van der Waals surface area contributed by atoms with E-state index in [0.29, 0.717) is 26.1 Å². The summed E-state index contributed by atoms with van der Waals surface area (Å²) in [4.78, 5) is 11.5. The molecule has 112 valence electrons. The van der Waals surface area contributed by atoms with Gasteiger partial charge < -0.3 is 9.84 Å². The number of carbonyl (C=O) groups is 1. The van der Waals surface area contributed by atoms with Crippen molar-refractivity contribution in [3.8, 4) is 0 Å². The Morgan fingerprint density at radius 1 is 1.00 bits per heavy atom. The molecule has 1 aliphatic rings. The largest absolute Gasteiger partial charge is 0.481 e. The third-order valence-corrected chi connectivity index (χ3v) is 4.41. The lowest BCUT2D eigenvalue weighted by molar-refractivity contribution is -0.155. The summed E-state index contributed by atoms with van der Waals surface area (Å²) in [6, 6.07) is 0. The van der Waals surface area contributed by atoms with Gasteiger partial charge in [0.15, 0.2) is 0 Å². The molecular formula is C16H30O3. The second kappa shape index (κ2) is 9.35. The molecule has 0 saturated carbocycles. The van der Waals surface area contributed by atoms with E-state index in [1.165, 1.54) is 44.9 Å². The maximum atomic E-state index is 11.5. The van der Waals surface area contributed by atoms with Crippen LogP contribution < -0.4 is 0 Å². The van der Waals surface area contributed by atoms with Crippen molar-refractivity contribution in [1.82, 2.24) is 0 Å². The lowest BCUT2D eigenvalue weighted by Crippen LogP contribution is -2.37. The average molecular weight is 270 g/mol. The number of hydrogen-bond donors (Lipinski definition) is 1. The summed E-state index contributed by atoms with van der Waals surface area (Å²) in [5, 5.41) is 9.43. The van der Waals surface area contributed by atoms with E-state index in [4.69, 9.17) is 4.74 Å². The predicted octanol–water partition coefficient (Wildman–Crippen LogP) is 4.40. The van der Waals surface area contributed by atoms with E-state index >= 15 is 0 Å². The number of unbranched alkanes of at least 4 members (excludes halogenated alkanes) is 7. The Morgan fingerprint density at radius 3 is 2.05 bits per heavy atom. The zero-order valence-electron chi connectivity index (χ0n) is 12.5. The molecule has 1 aliphatic heterocycles. The second-order valence-electron chi connectivity index (χ2n) is 5.92. The number of hydrogen-bond acceptors (Lipinski definition) is 2. The monoisotopic (exact) mass is 270 g/mol. The fraction of sp³-hybridized carbons (Fsp3) is 0.938. The van der Waals surface area contributed by atoms with Gasteiger partial charge in [0.2, 0.25) is 0 Å². The molecule has 3 heteroatoms. The van der Waals surface area contributed by atoms with E-state index in [9.17, 15) is 9.90 Å². The molecule has 0 unspecified atom stereocenters. The van der Waals surface area contributed by atoms with Crippen LogP contribution in [0.2, 0.25) is 0 Å². The van der Waals surface area contributed by atoms with Gasteiger partial charge in [0.05, 0.1) is 5.41 Å². The molecule has 1 fully saturated rings. The van der Waals surface area contributed by atoms with Gasteiger partial charge in [0, 0.05) is 13.2 Å². The van der Waals surface area contributed by atoms with E-state index in [-0.39, 0.29) is 0 Å². The predicted molar refractivity (Wildman–Crippen MR) is 77.3 cm³/mol. The molecule has 1 heterocycles. The zero-order valence-corrected chi connectivity index (χ0v) is 12.5. The molecule has 0 amide bonds. The van der Waals surface area contributed by atoms with E-state index in [1.54, 1.807) is 0 Å². The molecule has 0 radical (unpaired) electrons. The van der Waals surface area contributed by atoms with Crippen LogP contribution in [0.25, 0.3) is 0 Å². The van der Waals surface area contributed by atoms with Crippen molar-refractivity contribution >= 4 is 5.97 Å². The van der Waals surface area contributed by atoms with Gasteiger partial charge in [-0.3, -0.25) is 4.79 Å². The van der Waals surface area contributed by atoms with Gasteiger partial charge in [0.1, 0.15) is 0 Å². The van der Waals surface area contributed by atoms with Crippen LogP contribution in [-0.2, 0) is 9.53 Å². The first kappa shape index (κ1) is 16.5. The van der Waals surface area contributed by atoms with Gasteiger partial charge in [-0.25, -0.2) is 0 Å². The molecule has 1 saturated heterocycles. The molecule has 0 aliphatic carbocycles. The summed E-state index contributed by atoms with van der Waals surface area (Å²) in [6.07, 6.45) is 12.4. The fourth-order valence-electron chi connectivity index (χ4n) is 2.93. The Labute approximate surface area is 117 Å². The third-order valence-electron chi connectivity index (χ3n) is 4.41. The smallest absolute Gasteiger partial charge is 0.309 e. The normalized spacial score (nSPS) is 18.4. The first-order valence-corrected chi connectivity index (χ1v) is 8.02. The van der Waals surface area contributed by atoms with Crippen molar-refractivity contribution in [2.75, 3.05) is 13.2 Å². The minimum absolute atomic E-state index is 0.486. The molecule has 0 atom stereocenters. The molecule has 0 aromatic heterocycles. The topological polar surface area (TPSA) is 46.5 Å².